The van der Waals surface area contributed by atoms with Crippen LogP contribution >= 0.6 is 0 Å². The third kappa shape index (κ3) is 3.53. The fourth-order valence-electron chi connectivity index (χ4n) is 9.93. The Labute approximate surface area is 197 Å². The molecule has 4 heteroatoms. The van der Waals surface area contributed by atoms with Gasteiger partial charge in [0.15, 0.2) is 0 Å². The molecule has 5 aliphatic rings. The van der Waals surface area contributed by atoms with Crippen LogP contribution in [0.15, 0.2) is 0 Å². The summed E-state index contributed by atoms with van der Waals surface area (Å²) in [7, 11) is 0. The van der Waals surface area contributed by atoms with E-state index in [1.807, 2.05) is 0 Å². The fourth-order valence-corrected chi connectivity index (χ4v) is 9.93. The number of aliphatic hydroxyl groups is 2. The highest BCUT2D eigenvalue weighted by Crippen LogP contribution is 2.66. The zero-order valence-electron chi connectivity index (χ0n) is 21.3. The van der Waals surface area contributed by atoms with Crippen LogP contribution in [-0.4, -0.2) is 70.5 Å². The zero-order valence-corrected chi connectivity index (χ0v) is 21.3. The Morgan fingerprint density at radius 3 is 2.28 bits per heavy atom. The molecule has 5 fully saturated rings. The van der Waals surface area contributed by atoms with Crippen molar-refractivity contribution in [2.45, 2.75) is 116 Å². The molecule has 0 radical (unpaired) electrons. The smallest absolute Gasteiger partial charge is 0.0751 e. The highest BCUT2D eigenvalue weighted by Gasteiger charge is 2.63. The summed E-state index contributed by atoms with van der Waals surface area (Å²) >= 11 is 0. The van der Waals surface area contributed by atoms with Crippen molar-refractivity contribution >= 4 is 0 Å². The molecule has 1 aliphatic heterocycles. The van der Waals surface area contributed by atoms with Crippen molar-refractivity contribution < 1.29 is 10.2 Å². The lowest BCUT2D eigenvalue weighted by Gasteiger charge is -2.62. The van der Waals surface area contributed by atoms with Crippen LogP contribution in [-0.2, 0) is 0 Å². The second kappa shape index (κ2) is 8.81. The van der Waals surface area contributed by atoms with Crippen molar-refractivity contribution in [3.8, 4) is 0 Å². The van der Waals surface area contributed by atoms with Crippen LogP contribution in [0.4, 0.5) is 0 Å². The van der Waals surface area contributed by atoms with E-state index in [2.05, 4.69) is 37.5 Å². The number of likely N-dealkylation sites (N-methyl/N-ethyl adjacent to an activating group) is 1. The number of hydrogen-bond acceptors (Lipinski definition) is 4. The summed E-state index contributed by atoms with van der Waals surface area (Å²) in [5, 5.41) is 22.7. The molecule has 0 aromatic rings. The fraction of sp³-hybridized carbons (Fsp3) is 1.00. The summed E-state index contributed by atoms with van der Waals surface area (Å²) < 4.78 is 0. The monoisotopic (exact) mass is 446 g/mol. The Balaban J connectivity index is 1.39. The van der Waals surface area contributed by atoms with Crippen LogP contribution in [0, 0.1) is 34.5 Å². The molecular weight excluding hydrogens is 396 g/mol. The normalized spacial score (nSPS) is 51.8. The minimum atomic E-state index is -0.173. The van der Waals surface area contributed by atoms with Crippen LogP contribution in [0.5, 0.6) is 0 Å². The summed E-state index contributed by atoms with van der Waals surface area (Å²) in [6, 6.07) is 0.722. The average Bonchev–Trinajstić information content (AvgIpc) is 3.06. The molecule has 0 spiro atoms. The lowest BCUT2D eigenvalue weighted by molar-refractivity contribution is -0.154. The van der Waals surface area contributed by atoms with E-state index in [-0.39, 0.29) is 17.6 Å². The van der Waals surface area contributed by atoms with E-state index >= 15 is 0 Å². The van der Waals surface area contributed by atoms with Crippen molar-refractivity contribution in [1.29, 1.82) is 0 Å². The van der Waals surface area contributed by atoms with Crippen LogP contribution in [0.25, 0.3) is 0 Å². The molecule has 10 atom stereocenters. The van der Waals surface area contributed by atoms with Crippen molar-refractivity contribution in [3.05, 3.63) is 0 Å². The summed E-state index contributed by atoms with van der Waals surface area (Å²) in [6.45, 7) is 14.0. The average molecular weight is 447 g/mol. The topological polar surface area (TPSA) is 46.9 Å². The second-order valence-electron chi connectivity index (χ2n) is 12.8. The maximum atomic E-state index is 11.5. The van der Waals surface area contributed by atoms with Gasteiger partial charge in [-0.15, -0.1) is 0 Å². The largest absolute Gasteiger partial charge is 0.391 e. The highest BCUT2D eigenvalue weighted by molar-refractivity contribution is 5.14. The third-order valence-corrected chi connectivity index (χ3v) is 11.8. The van der Waals surface area contributed by atoms with Gasteiger partial charge in [-0.05, 0) is 118 Å². The molecule has 184 valence electrons. The van der Waals surface area contributed by atoms with Gasteiger partial charge >= 0.3 is 0 Å². The van der Waals surface area contributed by atoms with Gasteiger partial charge in [-0.25, -0.2) is 0 Å². The number of likely N-dealkylation sites (tertiary alicyclic amines) is 1. The van der Waals surface area contributed by atoms with Gasteiger partial charge in [0.25, 0.3) is 0 Å². The van der Waals surface area contributed by atoms with Crippen LogP contribution in [0.1, 0.15) is 91.9 Å². The molecule has 0 amide bonds. The molecule has 32 heavy (non-hydrogen) atoms. The predicted octanol–water partition coefficient (Wildman–Crippen LogP) is 4.54. The Morgan fingerprint density at radius 2 is 1.59 bits per heavy atom. The van der Waals surface area contributed by atoms with Crippen LogP contribution in [0.3, 0.4) is 0 Å². The summed E-state index contributed by atoms with van der Waals surface area (Å²) in [6.07, 6.45) is 12.2. The molecule has 1 saturated heterocycles. The maximum Gasteiger partial charge on any atom is 0.0751 e. The van der Waals surface area contributed by atoms with Crippen molar-refractivity contribution in [2.75, 3.05) is 26.2 Å². The van der Waals surface area contributed by atoms with E-state index in [1.165, 1.54) is 70.9 Å². The molecule has 4 aliphatic carbocycles. The minimum Gasteiger partial charge on any atom is -0.391 e. The van der Waals surface area contributed by atoms with E-state index in [1.54, 1.807) is 0 Å². The first kappa shape index (κ1) is 23.6. The quantitative estimate of drug-likeness (QED) is 0.666. The van der Waals surface area contributed by atoms with E-state index in [4.69, 9.17) is 0 Å². The molecule has 5 rings (SSSR count). The molecular formula is C28H50N2O2. The molecule has 2 N–H and O–H groups in total. The Bertz CT molecular complexity index is 662. The third-order valence-electron chi connectivity index (χ3n) is 11.8. The first-order valence-electron chi connectivity index (χ1n) is 14.2. The number of rotatable bonds is 4. The van der Waals surface area contributed by atoms with Gasteiger partial charge in [0.05, 0.1) is 12.2 Å². The standard InChI is InChI=1S/C28H50N2O2/c1-5-29(6-2)23-17-22-20-11-10-19-16-25(31)24(30-14-8-7-9-15-30)18-28(19,4)21(20)12-13-27(22,3)26(23)32/h19-26,31-32H,5-18H2,1-4H3/t19-,20+,21-,22-,23-,24-,25-,26+,27-,28-/m0/s1. The van der Waals surface area contributed by atoms with Gasteiger partial charge in [-0.2, -0.15) is 0 Å². The second-order valence-corrected chi connectivity index (χ2v) is 12.8. The van der Waals surface area contributed by atoms with Gasteiger partial charge in [0, 0.05) is 12.1 Å². The molecule has 0 aromatic heterocycles. The first-order valence-corrected chi connectivity index (χ1v) is 14.2. The predicted molar refractivity (Wildman–Crippen MR) is 130 cm³/mol. The molecule has 0 aromatic carbocycles. The molecule has 1 heterocycles. The van der Waals surface area contributed by atoms with E-state index < -0.39 is 0 Å². The van der Waals surface area contributed by atoms with E-state index in [9.17, 15) is 10.2 Å². The Hall–Kier alpha value is -0.160. The highest BCUT2D eigenvalue weighted by atomic mass is 16.3. The molecule has 0 bridgehead atoms. The number of nitrogens with zero attached hydrogens (tertiary/aromatic N) is 2. The number of aliphatic hydroxyl groups excluding tert-OH is 2. The van der Waals surface area contributed by atoms with Gasteiger partial charge in [-0.1, -0.05) is 34.1 Å². The van der Waals surface area contributed by atoms with Crippen LogP contribution < -0.4 is 0 Å². The molecule has 4 nitrogen and oxygen atoms in total. The zero-order chi connectivity index (χ0) is 22.7. The first-order chi connectivity index (χ1) is 15.3. The minimum absolute atomic E-state index is 0.0953. The lowest BCUT2D eigenvalue weighted by atomic mass is 9.44. The number of fused-ring (bicyclic) bond motifs is 5. The van der Waals surface area contributed by atoms with Crippen molar-refractivity contribution in [2.24, 2.45) is 34.5 Å². The Morgan fingerprint density at radius 1 is 0.875 bits per heavy atom. The van der Waals surface area contributed by atoms with Gasteiger partial charge < -0.3 is 10.2 Å². The summed E-state index contributed by atoms with van der Waals surface area (Å²) in [5.74, 6) is 2.90. The number of piperidine rings is 1. The van der Waals surface area contributed by atoms with Gasteiger partial charge in [0.1, 0.15) is 0 Å². The van der Waals surface area contributed by atoms with Crippen molar-refractivity contribution in [1.82, 2.24) is 9.80 Å². The maximum absolute atomic E-state index is 11.5. The van der Waals surface area contributed by atoms with E-state index in [0.717, 1.165) is 31.3 Å². The van der Waals surface area contributed by atoms with Gasteiger partial charge in [0.2, 0.25) is 0 Å². The Kier molecular flexibility index (Phi) is 6.49. The van der Waals surface area contributed by atoms with Crippen LogP contribution in [0.2, 0.25) is 0 Å². The molecule has 4 saturated carbocycles. The number of hydrogen-bond donors (Lipinski definition) is 2. The van der Waals surface area contributed by atoms with Gasteiger partial charge in [-0.3, -0.25) is 9.80 Å². The SMILES string of the molecule is CCN(CC)[C@H]1C[C@H]2[C@@H]3CC[C@H]4C[C@H](O)[C@@H](N5CCCCC5)C[C@]4(C)[C@H]3CC[C@]2(C)[C@@H]1O. The van der Waals surface area contributed by atoms with Crippen molar-refractivity contribution in [3.63, 3.8) is 0 Å². The summed E-state index contributed by atoms with van der Waals surface area (Å²) in [4.78, 5) is 5.18. The van der Waals surface area contributed by atoms with E-state index in [0.29, 0.717) is 29.3 Å². The molecule has 0 unspecified atom stereocenters. The lowest BCUT2D eigenvalue weighted by Crippen LogP contribution is -2.60. The summed E-state index contributed by atoms with van der Waals surface area (Å²) in [5.41, 5.74) is 0.460.